The molecule has 0 radical (unpaired) electrons. The van der Waals surface area contributed by atoms with Gasteiger partial charge in [0.15, 0.2) is 0 Å². The Labute approximate surface area is 154 Å². The smallest absolute Gasteiger partial charge is 0.249 e. The van der Waals surface area contributed by atoms with E-state index >= 15 is 0 Å². The zero-order valence-corrected chi connectivity index (χ0v) is 15.2. The number of carbonyl (C=O) groups is 2. The maximum Gasteiger partial charge on any atom is 0.249 e. The molecule has 0 bridgehead atoms. The van der Waals surface area contributed by atoms with Crippen LogP contribution in [0.2, 0.25) is 0 Å². The number of amides is 2. The van der Waals surface area contributed by atoms with Gasteiger partial charge in [0.05, 0.1) is 18.5 Å². The zero-order chi connectivity index (χ0) is 18.1. The molecule has 25 heavy (non-hydrogen) atoms. The van der Waals surface area contributed by atoms with Crippen LogP contribution in [0.4, 0.5) is 5.69 Å². The molecule has 2 aromatic carbocycles. The van der Waals surface area contributed by atoms with Crippen molar-refractivity contribution < 1.29 is 14.3 Å². The minimum absolute atomic E-state index is 0.322. The molecular formula is C18H18BrN3O3. The molecule has 0 aliphatic heterocycles. The normalized spacial score (nSPS) is 10.5. The molecule has 0 heterocycles. The molecule has 2 N–H and O–H groups in total. The van der Waals surface area contributed by atoms with Gasteiger partial charge in [-0.2, -0.15) is 5.10 Å². The van der Waals surface area contributed by atoms with E-state index in [1.165, 1.54) is 6.21 Å². The lowest BCUT2D eigenvalue weighted by molar-refractivity contribution is -0.126. The van der Waals surface area contributed by atoms with Crippen molar-refractivity contribution in [2.45, 2.75) is 13.3 Å². The maximum absolute atomic E-state index is 11.9. The van der Waals surface area contributed by atoms with Gasteiger partial charge in [0, 0.05) is 4.47 Å². The van der Waals surface area contributed by atoms with E-state index in [1.807, 2.05) is 31.2 Å². The first-order valence-electron chi connectivity index (χ1n) is 7.67. The molecule has 6 nitrogen and oxygen atoms in total. The van der Waals surface area contributed by atoms with Crippen molar-refractivity contribution in [1.82, 2.24) is 5.43 Å². The highest BCUT2D eigenvalue weighted by molar-refractivity contribution is 9.10. The van der Waals surface area contributed by atoms with Crippen molar-refractivity contribution >= 4 is 39.6 Å². The topological polar surface area (TPSA) is 79.8 Å². The lowest BCUT2D eigenvalue weighted by Crippen LogP contribution is -2.24. The van der Waals surface area contributed by atoms with Crippen LogP contribution >= 0.6 is 15.9 Å². The fraction of sp³-hybridized carbons (Fsp3) is 0.167. The summed E-state index contributed by atoms with van der Waals surface area (Å²) in [6.45, 7) is 2.48. The number of nitrogens with zero attached hydrogens (tertiary/aromatic N) is 1. The fourth-order valence-corrected chi connectivity index (χ4v) is 2.36. The van der Waals surface area contributed by atoms with Gasteiger partial charge >= 0.3 is 0 Å². The highest BCUT2D eigenvalue weighted by atomic mass is 79.9. The average Bonchev–Trinajstić information content (AvgIpc) is 2.57. The van der Waals surface area contributed by atoms with Crippen molar-refractivity contribution in [3.8, 4) is 5.75 Å². The predicted molar refractivity (Wildman–Crippen MR) is 101 cm³/mol. The monoisotopic (exact) mass is 403 g/mol. The summed E-state index contributed by atoms with van der Waals surface area (Å²) in [5.41, 5.74) is 3.72. The fourth-order valence-electron chi connectivity index (χ4n) is 1.97. The van der Waals surface area contributed by atoms with Gasteiger partial charge in [-0.15, -0.1) is 0 Å². The highest BCUT2D eigenvalue weighted by Gasteiger charge is 2.10. The summed E-state index contributed by atoms with van der Waals surface area (Å²) in [5, 5.41) is 6.51. The number of halogens is 1. The van der Waals surface area contributed by atoms with Gasteiger partial charge in [0.25, 0.3) is 0 Å². The molecule has 2 aromatic rings. The number of hydrazone groups is 1. The minimum Gasteiger partial charge on any atom is -0.494 e. The van der Waals surface area contributed by atoms with Crippen LogP contribution in [0.25, 0.3) is 0 Å². The van der Waals surface area contributed by atoms with Crippen LogP contribution in [-0.2, 0) is 9.59 Å². The van der Waals surface area contributed by atoms with Gasteiger partial charge in [-0.05, 0) is 52.7 Å². The van der Waals surface area contributed by atoms with Gasteiger partial charge in [0.2, 0.25) is 11.8 Å². The van der Waals surface area contributed by atoms with E-state index in [2.05, 4.69) is 31.8 Å². The number of hydrogen-bond acceptors (Lipinski definition) is 4. The van der Waals surface area contributed by atoms with Crippen molar-refractivity contribution in [3.05, 3.63) is 58.6 Å². The third kappa shape index (κ3) is 6.39. The van der Waals surface area contributed by atoms with Crippen LogP contribution in [0.5, 0.6) is 5.75 Å². The minimum atomic E-state index is -0.498. The van der Waals surface area contributed by atoms with Gasteiger partial charge in [-0.25, -0.2) is 5.43 Å². The first kappa shape index (κ1) is 18.7. The summed E-state index contributed by atoms with van der Waals surface area (Å²) in [5.74, 6) is -0.190. The number of hydrogen-bond donors (Lipinski definition) is 2. The predicted octanol–water partition coefficient (Wildman–Crippen LogP) is 3.33. The Kier molecular flexibility index (Phi) is 7.16. The average molecular weight is 404 g/mol. The Balaban J connectivity index is 1.83. The molecule has 0 saturated carbocycles. The molecule has 0 spiro atoms. The van der Waals surface area contributed by atoms with E-state index in [0.29, 0.717) is 12.3 Å². The van der Waals surface area contributed by atoms with Crippen LogP contribution in [0.15, 0.2) is 58.1 Å². The summed E-state index contributed by atoms with van der Waals surface area (Å²) < 4.78 is 6.13. The maximum atomic E-state index is 11.9. The second-order valence-electron chi connectivity index (χ2n) is 5.00. The van der Waals surface area contributed by atoms with E-state index in [4.69, 9.17) is 4.74 Å². The van der Waals surface area contributed by atoms with Gasteiger partial charge in [-0.3, -0.25) is 9.59 Å². The number of nitrogens with one attached hydrogen (secondary N) is 2. The first-order chi connectivity index (χ1) is 12.1. The van der Waals surface area contributed by atoms with Gasteiger partial charge in [0.1, 0.15) is 12.2 Å². The molecule has 0 fully saturated rings. The third-order valence-corrected chi connectivity index (χ3v) is 3.73. The lowest BCUT2D eigenvalue weighted by Gasteiger charge is -2.06. The van der Waals surface area contributed by atoms with Gasteiger partial charge < -0.3 is 10.1 Å². The standard InChI is InChI=1S/C18H18BrN3O3/c1-2-25-14-7-5-6-13(10-14)12-20-22-18(24)11-17(23)21-16-9-4-3-8-15(16)19/h3-10,12H,2,11H2,1H3,(H,21,23)(H,22,24). The van der Waals surface area contributed by atoms with Crippen molar-refractivity contribution in [1.29, 1.82) is 0 Å². The molecule has 7 heteroatoms. The largest absolute Gasteiger partial charge is 0.494 e. The molecule has 0 saturated heterocycles. The third-order valence-electron chi connectivity index (χ3n) is 3.04. The van der Waals surface area contributed by atoms with E-state index in [0.717, 1.165) is 15.8 Å². The summed E-state index contributed by atoms with van der Waals surface area (Å²) >= 11 is 3.33. The molecular weight excluding hydrogens is 386 g/mol. The highest BCUT2D eigenvalue weighted by Crippen LogP contribution is 2.21. The number of benzene rings is 2. The number of ether oxygens (including phenoxy) is 1. The Morgan fingerprint density at radius 2 is 1.96 bits per heavy atom. The van der Waals surface area contributed by atoms with Crippen LogP contribution in [0, 0.1) is 0 Å². The van der Waals surface area contributed by atoms with Crippen molar-refractivity contribution in [2.75, 3.05) is 11.9 Å². The molecule has 0 unspecified atom stereocenters. The Morgan fingerprint density at radius 1 is 1.16 bits per heavy atom. The van der Waals surface area contributed by atoms with E-state index < -0.39 is 11.8 Å². The number of carbonyl (C=O) groups excluding carboxylic acids is 2. The van der Waals surface area contributed by atoms with E-state index in [1.54, 1.807) is 24.3 Å². The number of rotatable bonds is 7. The molecule has 0 atom stereocenters. The lowest BCUT2D eigenvalue weighted by atomic mass is 10.2. The second kappa shape index (κ2) is 9.58. The zero-order valence-electron chi connectivity index (χ0n) is 13.7. The van der Waals surface area contributed by atoms with Crippen LogP contribution < -0.4 is 15.5 Å². The Morgan fingerprint density at radius 3 is 2.72 bits per heavy atom. The summed E-state index contributed by atoms with van der Waals surface area (Å²) in [6, 6.07) is 14.5. The van der Waals surface area contributed by atoms with E-state index in [9.17, 15) is 9.59 Å². The Hall–Kier alpha value is -2.67. The molecule has 130 valence electrons. The number of para-hydroxylation sites is 1. The second-order valence-corrected chi connectivity index (χ2v) is 5.86. The van der Waals surface area contributed by atoms with Crippen molar-refractivity contribution in [2.24, 2.45) is 5.10 Å². The van der Waals surface area contributed by atoms with Crippen LogP contribution in [0.1, 0.15) is 18.9 Å². The summed E-state index contributed by atoms with van der Waals surface area (Å²) in [6.07, 6.45) is 1.17. The van der Waals surface area contributed by atoms with Gasteiger partial charge in [-0.1, -0.05) is 24.3 Å². The molecule has 0 aliphatic carbocycles. The van der Waals surface area contributed by atoms with Crippen LogP contribution in [-0.4, -0.2) is 24.6 Å². The Bertz CT molecular complexity index is 778. The van der Waals surface area contributed by atoms with Crippen LogP contribution in [0.3, 0.4) is 0 Å². The van der Waals surface area contributed by atoms with E-state index in [-0.39, 0.29) is 6.42 Å². The SMILES string of the molecule is CCOc1cccc(C=NNC(=O)CC(=O)Nc2ccccc2Br)c1. The molecule has 2 amide bonds. The number of anilines is 1. The van der Waals surface area contributed by atoms with Crippen molar-refractivity contribution in [3.63, 3.8) is 0 Å². The molecule has 0 aliphatic rings. The summed E-state index contributed by atoms with van der Waals surface area (Å²) in [4.78, 5) is 23.6. The molecule has 2 rings (SSSR count). The first-order valence-corrected chi connectivity index (χ1v) is 8.47. The quantitative estimate of drug-likeness (QED) is 0.422. The molecule has 0 aromatic heterocycles. The summed E-state index contributed by atoms with van der Waals surface area (Å²) in [7, 11) is 0.